The highest BCUT2D eigenvalue weighted by atomic mass is 32.2. The smallest absolute Gasteiger partial charge is 0.342 e. The minimum absolute atomic E-state index is 0.0522. The van der Waals surface area contributed by atoms with E-state index in [0.717, 1.165) is 30.0 Å². The van der Waals surface area contributed by atoms with Crippen LogP contribution in [0, 0.1) is 0 Å². The number of hydrogen-bond acceptors (Lipinski definition) is 9. The van der Waals surface area contributed by atoms with E-state index in [-0.39, 0.29) is 17.4 Å². The van der Waals surface area contributed by atoms with Crippen molar-refractivity contribution in [3.05, 3.63) is 66.2 Å². The molecular formula is C30H35N6O5S+. The van der Waals surface area contributed by atoms with Gasteiger partial charge in [-0.05, 0) is 62.0 Å². The van der Waals surface area contributed by atoms with Crippen LogP contribution in [0.4, 0.5) is 5.69 Å². The number of aromatic nitrogens is 3. The summed E-state index contributed by atoms with van der Waals surface area (Å²) in [5.74, 6) is 1.96. The third kappa shape index (κ3) is 6.77. The molecule has 3 aromatic carbocycles. The molecule has 0 bridgehead atoms. The molecule has 4 aromatic rings. The van der Waals surface area contributed by atoms with Gasteiger partial charge in [-0.1, -0.05) is 18.2 Å². The Morgan fingerprint density at radius 3 is 2.33 bits per heavy atom. The molecule has 0 spiro atoms. The number of aromatic hydroxyl groups is 1. The van der Waals surface area contributed by atoms with Crippen molar-refractivity contribution in [2.45, 2.75) is 19.0 Å². The minimum Gasteiger partial charge on any atom is -0.507 e. The van der Waals surface area contributed by atoms with Gasteiger partial charge < -0.3 is 24.2 Å². The van der Waals surface area contributed by atoms with Crippen LogP contribution < -0.4 is 29.1 Å². The molecule has 0 aliphatic heterocycles. The van der Waals surface area contributed by atoms with Crippen molar-refractivity contribution in [3.8, 4) is 40.1 Å². The number of aromatic amines is 1. The van der Waals surface area contributed by atoms with Crippen LogP contribution in [0.2, 0.25) is 0 Å². The van der Waals surface area contributed by atoms with E-state index in [0.29, 0.717) is 33.8 Å². The zero-order chi connectivity index (χ0) is 30.1. The fourth-order valence-electron chi connectivity index (χ4n) is 4.38. The molecule has 12 heteroatoms. The van der Waals surface area contributed by atoms with Gasteiger partial charge >= 0.3 is 5.16 Å². The largest absolute Gasteiger partial charge is 0.507 e. The molecule has 0 radical (unpaired) electrons. The molecule has 1 aromatic heterocycles. The van der Waals surface area contributed by atoms with Crippen molar-refractivity contribution in [3.63, 3.8) is 0 Å². The molecule has 0 saturated carbocycles. The van der Waals surface area contributed by atoms with Crippen LogP contribution in [-0.4, -0.2) is 67.6 Å². The van der Waals surface area contributed by atoms with Gasteiger partial charge in [0.15, 0.2) is 11.5 Å². The highest BCUT2D eigenvalue weighted by Gasteiger charge is 2.27. The predicted octanol–water partition coefficient (Wildman–Crippen LogP) is 4.17. The number of thioether (sulfide) groups is 1. The van der Waals surface area contributed by atoms with E-state index in [2.05, 4.69) is 39.5 Å². The van der Waals surface area contributed by atoms with Crippen molar-refractivity contribution in [1.82, 2.24) is 15.6 Å². The average molecular weight is 592 g/mol. The van der Waals surface area contributed by atoms with Crippen LogP contribution in [0.5, 0.6) is 23.0 Å². The summed E-state index contributed by atoms with van der Waals surface area (Å²) in [5, 5.41) is 22.6. The van der Waals surface area contributed by atoms with Gasteiger partial charge in [-0.25, -0.2) is 5.43 Å². The topological polar surface area (TPSA) is 125 Å². The summed E-state index contributed by atoms with van der Waals surface area (Å²) in [4.78, 5) is 14.8. The van der Waals surface area contributed by atoms with Crippen LogP contribution in [0.25, 0.3) is 17.1 Å². The number of carbonyl (C=O) groups excluding carboxylic acids is 1. The minimum atomic E-state index is -0.326. The quantitative estimate of drug-likeness (QED) is 0.0916. The highest BCUT2D eigenvalue weighted by molar-refractivity contribution is 7.99. The molecule has 0 fully saturated rings. The number of ether oxygens (including phenoxy) is 3. The Balaban J connectivity index is 1.53. The molecule has 11 nitrogen and oxygen atoms in total. The molecule has 0 aliphatic carbocycles. The van der Waals surface area contributed by atoms with Gasteiger partial charge in [0, 0.05) is 30.4 Å². The molecular weight excluding hydrogens is 556 g/mol. The van der Waals surface area contributed by atoms with Crippen molar-refractivity contribution in [2.24, 2.45) is 5.10 Å². The van der Waals surface area contributed by atoms with Crippen LogP contribution in [0.15, 0.2) is 70.9 Å². The van der Waals surface area contributed by atoms with E-state index in [1.54, 1.807) is 33.5 Å². The molecule has 0 saturated heterocycles. The lowest BCUT2D eigenvalue weighted by atomic mass is 10.1. The SMILES string of the molecule is CCN(CC)c1ccc(C=NNC(=O)CSc2n[nH]c(-c3cc(OC)c(OC)c(OC)c3)[n+]2-c2ccccc2)c(O)c1. The molecule has 1 amide bonds. The maximum Gasteiger partial charge on any atom is 0.342 e. The summed E-state index contributed by atoms with van der Waals surface area (Å²) >= 11 is 1.25. The van der Waals surface area contributed by atoms with Crippen molar-refractivity contribution in [1.29, 1.82) is 0 Å². The van der Waals surface area contributed by atoms with Crippen molar-refractivity contribution >= 4 is 29.6 Å². The number of rotatable bonds is 13. The number of phenolic OH excluding ortho intramolecular Hbond substituents is 1. The zero-order valence-corrected chi connectivity index (χ0v) is 25.1. The fourth-order valence-corrected chi connectivity index (χ4v) is 5.14. The Morgan fingerprint density at radius 1 is 1.05 bits per heavy atom. The molecule has 0 atom stereocenters. The number of nitrogens with one attached hydrogen (secondary N) is 2. The Labute approximate surface area is 249 Å². The number of para-hydroxylation sites is 1. The summed E-state index contributed by atoms with van der Waals surface area (Å²) in [5.41, 5.74) is 5.54. The second-order valence-electron chi connectivity index (χ2n) is 8.94. The Bertz CT molecular complexity index is 1510. The molecule has 0 aliphatic rings. The number of anilines is 1. The number of methoxy groups -OCH3 is 3. The molecule has 42 heavy (non-hydrogen) atoms. The van der Waals surface area contributed by atoms with Gasteiger partial charge in [0.2, 0.25) is 5.75 Å². The number of H-pyrrole nitrogens is 1. The van der Waals surface area contributed by atoms with Crippen LogP contribution in [0.3, 0.4) is 0 Å². The van der Waals surface area contributed by atoms with E-state index in [1.165, 1.54) is 18.0 Å². The molecule has 0 unspecified atom stereocenters. The van der Waals surface area contributed by atoms with E-state index in [9.17, 15) is 9.90 Å². The maximum absolute atomic E-state index is 12.7. The van der Waals surface area contributed by atoms with Gasteiger partial charge in [0.1, 0.15) is 11.4 Å². The lowest BCUT2D eigenvalue weighted by molar-refractivity contribution is -0.625. The molecule has 4 rings (SSSR count). The lowest BCUT2D eigenvalue weighted by Crippen LogP contribution is -2.34. The summed E-state index contributed by atoms with van der Waals surface area (Å²) < 4.78 is 18.5. The number of phenols is 1. The van der Waals surface area contributed by atoms with Crippen LogP contribution in [0.1, 0.15) is 19.4 Å². The summed E-state index contributed by atoms with van der Waals surface area (Å²) in [7, 11) is 4.67. The van der Waals surface area contributed by atoms with Gasteiger partial charge in [-0.2, -0.15) is 9.67 Å². The first-order valence-corrected chi connectivity index (χ1v) is 14.3. The van der Waals surface area contributed by atoms with Gasteiger partial charge in [0.25, 0.3) is 11.7 Å². The monoisotopic (exact) mass is 591 g/mol. The number of benzene rings is 3. The van der Waals surface area contributed by atoms with Gasteiger partial charge in [0.05, 0.1) is 44.0 Å². The number of carbonyl (C=O) groups is 1. The fraction of sp³-hybridized carbons (Fsp3) is 0.267. The highest BCUT2D eigenvalue weighted by Crippen LogP contribution is 2.40. The maximum atomic E-state index is 12.7. The van der Waals surface area contributed by atoms with Crippen LogP contribution in [-0.2, 0) is 4.79 Å². The number of hydrazone groups is 1. The third-order valence-corrected chi connectivity index (χ3v) is 7.43. The Kier molecular flexibility index (Phi) is 10.3. The number of amides is 1. The normalized spacial score (nSPS) is 11.0. The van der Waals surface area contributed by atoms with Crippen molar-refractivity contribution in [2.75, 3.05) is 45.1 Å². The predicted molar refractivity (Wildman–Crippen MR) is 163 cm³/mol. The molecule has 1 heterocycles. The molecule has 220 valence electrons. The second kappa shape index (κ2) is 14.3. The lowest BCUT2D eigenvalue weighted by Gasteiger charge is -2.21. The standard InChI is InChI=1S/C30H34N6O5S/c1-6-35(7-2)23-14-13-20(24(37)17-23)18-31-32-27(38)19-42-30-34-33-29(36(30)22-11-9-8-10-12-22)21-15-25(39-3)28(41-5)26(16-21)40-4/h8-18H,6-7,19H2,1-5H3,(H2,31,32,37,38)/p+1. The van der Waals surface area contributed by atoms with E-state index in [4.69, 9.17) is 14.2 Å². The third-order valence-electron chi connectivity index (χ3n) is 6.49. The Morgan fingerprint density at radius 2 is 1.74 bits per heavy atom. The molecule has 3 N–H and O–H groups in total. The van der Waals surface area contributed by atoms with Crippen molar-refractivity contribution < 1.29 is 28.7 Å². The summed E-state index contributed by atoms with van der Waals surface area (Å²) in [6.45, 7) is 5.78. The summed E-state index contributed by atoms with van der Waals surface area (Å²) in [6, 6.07) is 18.7. The second-order valence-corrected chi connectivity index (χ2v) is 9.88. The zero-order valence-electron chi connectivity index (χ0n) is 24.2. The van der Waals surface area contributed by atoms with E-state index >= 15 is 0 Å². The first kappa shape index (κ1) is 30.3. The average Bonchev–Trinajstić information content (AvgIpc) is 3.45. The van der Waals surface area contributed by atoms with Crippen LogP contribution >= 0.6 is 11.8 Å². The van der Waals surface area contributed by atoms with E-state index in [1.807, 2.05) is 53.1 Å². The van der Waals surface area contributed by atoms with Gasteiger partial charge in [-0.3, -0.25) is 4.79 Å². The number of hydrogen-bond donors (Lipinski definition) is 3. The Hall–Kier alpha value is -4.71. The first-order chi connectivity index (χ1) is 20.4. The van der Waals surface area contributed by atoms with Gasteiger partial charge in [-0.15, -0.1) is 5.10 Å². The summed E-state index contributed by atoms with van der Waals surface area (Å²) in [6.07, 6.45) is 1.42. The number of nitrogens with zero attached hydrogens (tertiary/aromatic N) is 4. The van der Waals surface area contributed by atoms with E-state index < -0.39 is 0 Å². The first-order valence-electron chi connectivity index (χ1n) is 13.3.